The Kier molecular flexibility index (Phi) is 5.62. The molecule has 0 spiro atoms. The normalized spacial score (nSPS) is 22.3. The van der Waals surface area contributed by atoms with Gasteiger partial charge in [-0.3, -0.25) is 0 Å². The van der Waals surface area contributed by atoms with Gasteiger partial charge in [-0.15, -0.1) is 0 Å². The molecule has 0 aliphatic carbocycles. The Labute approximate surface area is 144 Å². The van der Waals surface area contributed by atoms with Crippen molar-refractivity contribution in [2.75, 3.05) is 32.7 Å². The van der Waals surface area contributed by atoms with Gasteiger partial charge in [0.1, 0.15) is 4.90 Å². The van der Waals surface area contributed by atoms with Gasteiger partial charge in [-0.1, -0.05) is 30.2 Å². The Balaban J connectivity index is 1.59. The minimum Gasteiger partial charge on any atom is -0.303 e. The molecule has 2 aliphatic rings. The highest BCUT2D eigenvalue weighted by atomic mass is 35.5. The van der Waals surface area contributed by atoms with Crippen molar-refractivity contribution in [2.45, 2.75) is 37.0 Å². The Morgan fingerprint density at radius 2 is 1.65 bits per heavy atom. The fourth-order valence-electron chi connectivity index (χ4n) is 3.63. The van der Waals surface area contributed by atoms with Crippen molar-refractivity contribution in [3.8, 4) is 0 Å². The zero-order valence-electron chi connectivity index (χ0n) is 13.5. The molecule has 4 nitrogen and oxygen atoms in total. The van der Waals surface area contributed by atoms with Gasteiger partial charge in [-0.25, -0.2) is 8.42 Å². The van der Waals surface area contributed by atoms with E-state index in [2.05, 4.69) is 4.90 Å². The molecule has 0 aromatic heterocycles. The third-order valence-corrected chi connectivity index (χ3v) is 7.39. The molecular formula is C17H25ClN2O2S. The number of likely N-dealkylation sites (tertiary alicyclic amines) is 1. The van der Waals surface area contributed by atoms with Gasteiger partial charge in [-0.05, 0) is 56.8 Å². The van der Waals surface area contributed by atoms with Crippen LogP contribution in [0, 0.1) is 5.92 Å². The first-order valence-electron chi connectivity index (χ1n) is 8.54. The first kappa shape index (κ1) is 17.2. The van der Waals surface area contributed by atoms with E-state index in [0.29, 0.717) is 24.0 Å². The van der Waals surface area contributed by atoms with Crippen LogP contribution < -0.4 is 0 Å². The van der Waals surface area contributed by atoms with Crippen molar-refractivity contribution in [1.29, 1.82) is 0 Å². The van der Waals surface area contributed by atoms with Crippen molar-refractivity contribution < 1.29 is 8.42 Å². The number of piperidine rings is 2. The van der Waals surface area contributed by atoms with E-state index in [1.54, 1.807) is 28.6 Å². The molecule has 2 heterocycles. The second kappa shape index (κ2) is 7.51. The van der Waals surface area contributed by atoms with Crippen LogP contribution in [0.3, 0.4) is 0 Å². The lowest BCUT2D eigenvalue weighted by atomic mass is 9.96. The Bertz CT molecular complexity index is 621. The van der Waals surface area contributed by atoms with Gasteiger partial charge >= 0.3 is 0 Å². The number of hydrogen-bond acceptors (Lipinski definition) is 3. The first-order valence-corrected chi connectivity index (χ1v) is 10.4. The van der Waals surface area contributed by atoms with E-state index in [4.69, 9.17) is 11.6 Å². The van der Waals surface area contributed by atoms with Crippen molar-refractivity contribution in [3.63, 3.8) is 0 Å². The SMILES string of the molecule is O=S(=O)(c1ccccc1Cl)N1CCC(CN2CCCCC2)CC1. The Morgan fingerprint density at radius 1 is 1.00 bits per heavy atom. The maximum absolute atomic E-state index is 12.7. The van der Waals surface area contributed by atoms with Crippen LogP contribution in [0.2, 0.25) is 5.02 Å². The highest BCUT2D eigenvalue weighted by molar-refractivity contribution is 7.89. The summed E-state index contributed by atoms with van der Waals surface area (Å²) < 4.78 is 27.1. The van der Waals surface area contributed by atoms with E-state index in [1.165, 1.54) is 32.4 Å². The second-order valence-corrected chi connectivity index (χ2v) is 8.95. The average Bonchev–Trinajstić information content (AvgIpc) is 2.56. The van der Waals surface area contributed by atoms with E-state index < -0.39 is 10.0 Å². The van der Waals surface area contributed by atoms with Gasteiger partial charge in [-0.2, -0.15) is 4.31 Å². The van der Waals surface area contributed by atoms with Gasteiger partial charge in [0, 0.05) is 19.6 Å². The van der Waals surface area contributed by atoms with Gasteiger partial charge < -0.3 is 4.90 Å². The molecule has 2 saturated heterocycles. The smallest absolute Gasteiger partial charge is 0.244 e. The van der Waals surface area contributed by atoms with Crippen LogP contribution in [-0.2, 0) is 10.0 Å². The molecule has 23 heavy (non-hydrogen) atoms. The lowest BCUT2D eigenvalue weighted by molar-refractivity contribution is 0.161. The third kappa shape index (κ3) is 4.08. The van der Waals surface area contributed by atoms with Crippen molar-refractivity contribution in [1.82, 2.24) is 9.21 Å². The number of sulfonamides is 1. The minimum absolute atomic E-state index is 0.233. The Hall–Kier alpha value is -0.620. The second-order valence-electron chi connectivity index (χ2n) is 6.64. The third-order valence-electron chi connectivity index (χ3n) is 4.99. The van der Waals surface area contributed by atoms with E-state index >= 15 is 0 Å². The van der Waals surface area contributed by atoms with Crippen molar-refractivity contribution in [3.05, 3.63) is 29.3 Å². The van der Waals surface area contributed by atoms with Crippen LogP contribution in [0.4, 0.5) is 0 Å². The highest BCUT2D eigenvalue weighted by Gasteiger charge is 2.31. The summed E-state index contributed by atoms with van der Waals surface area (Å²) in [5.41, 5.74) is 0. The van der Waals surface area contributed by atoms with Crippen LogP contribution in [0.1, 0.15) is 32.1 Å². The summed E-state index contributed by atoms with van der Waals surface area (Å²) in [6.07, 6.45) is 5.85. The number of halogens is 1. The van der Waals surface area contributed by atoms with Gasteiger partial charge in [0.25, 0.3) is 0 Å². The lowest BCUT2D eigenvalue weighted by Crippen LogP contribution is -2.42. The molecule has 1 aromatic carbocycles. The lowest BCUT2D eigenvalue weighted by Gasteiger charge is -2.35. The summed E-state index contributed by atoms with van der Waals surface area (Å²) in [7, 11) is -3.46. The van der Waals surface area contributed by atoms with Crippen LogP contribution in [-0.4, -0.2) is 50.3 Å². The van der Waals surface area contributed by atoms with E-state index in [0.717, 1.165) is 19.4 Å². The van der Waals surface area contributed by atoms with Gasteiger partial charge in [0.05, 0.1) is 5.02 Å². The maximum atomic E-state index is 12.7. The molecule has 0 radical (unpaired) electrons. The fraction of sp³-hybridized carbons (Fsp3) is 0.647. The number of hydrogen-bond donors (Lipinski definition) is 0. The molecule has 0 unspecified atom stereocenters. The summed E-state index contributed by atoms with van der Waals surface area (Å²) in [5, 5.41) is 0.308. The van der Waals surface area contributed by atoms with E-state index in [-0.39, 0.29) is 4.90 Å². The molecule has 0 amide bonds. The summed E-state index contributed by atoms with van der Waals surface area (Å²) >= 11 is 6.07. The Morgan fingerprint density at radius 3 is 2.30 bits per heavy atom. The fourth-order valence-corrected chi connectivity index (χ4v) is 5.60. The van der Waals surface area contributed by atoms with Crippen LogP contribution >= 0.6 is 11.6 Å². The molecule has 2 fully saturated rings. The minimum atomic E-state index is -3.46. The van der Waals surface area contributed by atoms with E-state index in [1.807, 2.05) is 0 Å². The highest BCUT2D eigenvalue weighted by Crippen LogP contribution is 2.28. The summed E-state index contributed by atoms with van der Waals surface area (Å²) in [5.74, 6) is 0.616. The largest absolute Gasteiger partial charge is 0.303 e. The van der Waals surface area contributed by atoms with Gasteiger partial charge in [0.2, 0.25) is 10.0 Å². The zero-order valence-corrected chi connectivity index (χ0v) is 15.0. The first-order chi connectivity index (χ1) is 11.1. The molecule has 0 bridgehead atoms. The van der Waals surface area contributed by atoms with E-state index in [9.17, 15) is 8.42 Å². The average molecular weight is 357 g/mol. The summed E-state index contributed by atoms with van der Waals surface area (Å²) in [4.78, 5) is 2.78. The predicted molar refractivity (Wildman–Crippen MR) is 93.2 cm³/mol. The van der Waals surface area contributed by atoms with Gasteiger partial charge in [0.15, 0.2) is 0 Å². The number of benzene rings is 1. The monoisotopic (exact) mass is 356 g/mol. The summed E-state index contributed by atoms with van der Waals surface area (Å²) in [6, 6.07) is 6.71. The van der Waals surface area contributed by atoms with Crippen molar-refractivity contribution >= 4 is 21.6 Å². The predicted octanol–water partition coefficient (Wildman–Crippen LogP) is 3.23. The molecule has 0 saturated carbocycles. The molecular weight excluding hydrogens is 332 g/mol. The molecule has 0 N–H and O–H groups in total. The summed E-state index contributed by atoms with van der Waals surface area (Å²) in [6.45, 7) is 4.74. The molecule has 1 aromatic rings. The number of rotatable bonds is 4. The molecule has 0 atom stereocenters. The topological polar surface area (TPSA) is 40.6 Å². The zero-order chi connectivity index (χ0) is 16.3. The molecule has 3 rings (SSSR count). The maximum Gasteiger partial charge on any atom is 0.244 e. The molecule has 128 valence electrons. The van der Waals surface area contributed by atoms with Crippen LogP contribution in [0.25, 0.3) is 0 Å². The number of nitrogens with zero attached hydrogens (tertiary/aromatic N) is 2. The van der Waals surface area contributed by atoms with Crippen LogP contribution in [0.5, 0.6) is 0 Å². The van der Waals surface area contributed by atoms with Crippen molar-refractivity contribution in [2.24, 2.45) is 5.92 Å². The quantitative estimate of drug-likeness (QED) is 0.831. The van der Waals surface area contributed by atoms with Crippen LogP contribution in [0.15, 0.2) is 29.2 Å². The molecule has 6 heteroatoms. The standard InChI is InChI=1S/C17H25ClN2O2S/c18-16-6-2-3-7-17(16)23(21,22)20-12-8-15(9-13-20)14-19-10-4-1-5-11-19/h2-3,6-7,15H,1,4-5,8-14H2. The molecule has 2 aliphatic heterocycles.